The molecule has 0 atom stereocenters. The number of aromatic nitrogens is 2. The smallest absolute Gasteiger partial charge is 0.0895 e. The van der Waals surface area contributed by atoms with Gasteiger partial charge in [-0.3, -0.25) is 4.68 Å². The van der Waals surface area contributed by atoms with Crippen LogP contribution in [0.2, 0.25) is 0 Å². The summed E-state index contributed by atoms with van der Waals surface area (Å²) in [5, 5.41) is 4.12. The van der Waals surface area contributed by atoms with Gasteiger partial charge in [-0.25, -0.2) is 0 Å². The Morgan fingerprint density at radius 1 is 1.67 bits per heavy atom. The van der Waals surface area contributed by atoms with Gasteiger partial charge in [-0.05, 0) is 29.0 Å². The average molecular weight is 280 g/mol. The molecule has 0 N–H and O–H groups in total. The Morgan fingerprint density at radius 2 is 2.42 bits per heavy atom. The Bertz CT molecular complexity index is 228. The van der Waals surface area contributed by atoms with Crippen molar-refractivity contribution in [3.63, 3.8) is 0 Å². The number of hydrogen-bond acceptors (Lipinski definition) is 2. The molecule has 0 radical (unpaired) electrons. The highest BCUT2D eigenvalue weighted by Crippen LogP contribution is 2.11. The van der Waals surface area contributed by atoms with Gasteiger partial charge in [-0.2, -0.15) is 5.10 Å². The van der Waals surface area contributed by atoms with E-state index in [-0.39, 0.29) is 0 Å². The molecule has 0 fully saturated rings. The van der Waals surface area contributed by atoms with Crippen molar-refractivity contribution in [2.75, 3.05) is 6.61 Å². The van der Waals surface area contributed by atoms with Gasteiger partial charge in [0.1, 0.15) is 0 Å². The molecule has 0 aliphatic rings. The molecule has 1 aromatic heterocycles. The molecule has 0 saturated carbocycles. The zero-order chi connectivity index (χ0) is 8.97. The minimum Gasteiger partial charge on any atom is -0.375 e. The predicted octanol–water partition coefficient (Wildman–Crippen LogP) is 1.95. The minimum absolute atomic E-state index is 0.669. The van der Waals surface area contributed by atoms with E-state index in [4.69, 9.17) is 4.74 Å². The second-order valence-corrected chi connectivity index (χ2v) is 3.78. The number of aryl methyl sites for hydroxylation is 1. The highest BCUT2D eigenvalue weighted by atomic mass is 127. The standard InChI is InChI=1S/C8H13IN2O/c1-3-4-12-6-8-7(9)5-10-11(8)2/h5H,3-4,6H2,1-2H3. The first-order chi connectivity index (χ1) is 5.75. The molecule has 1 rings (SSSR count). The zero-order valence-corrected chi connectivity index (χ0v) is 9.54. The molecule has 0 aliphatic heterocycles. The predicted molar refractivity (Wildman–Crippen MR) is 55.9 cm³/mol. The largest absolute Gasteiger partial charge is 0.375 e. The lowest BCUT2D eigenvalue weighted by Crippen LogP contribution is -2.02. The van der Waals surface area contributed by atoms with E-state index in [1.807, 2.05) is 17.9 Å². The van der Waals surface area contributed by atoms with Crippen molar-refractivity contribution in [3.8, 4) is 0 Å². The number of nitrogens with zero attached hydrogens (tertiary/aromatic N) is 2. The Balaban J connectivity index is 2.50. The molecular weight excluding hydrogens is 267 g/mol. The molecule has 12 heavy (non-hydrogen) atoms. The van der Waals surface area contributed by atoms with E-state index >= 15 is 0 Å². The third-order valence-electron chi connectivity index (χ3n) is 1.60. The maximum absolute atomic E-state index is 5.42. The van der Waals surface area contributed by atoms with Crippen molar-refractivity contribution in [2.45, 2.75) is 20.0 Å². The van der Waals surface area contributed by atoms with Gasteiger partial charge in [0.15, 0.2) is 0 Å². The van der Waals surface area contributed by atoms with Crippen molar-refractivity contribution in [2.24, 2.45) is 7.05 Å². The molecule has 0 spiro atoms. The quantitative estimate of drug-likeness (QED) is 0.622. The summed E-state index contributed by atoms with van der Waals surface area (Å²) in [4.78, 5) is 0. The third-order valence-corrected chi connectivity index (χ3v) is 2.50. The van der Waals surface area contributed by atoms with Crippen LogP contribution in [0, 0.1) is 3.57 Å². The monoisotopic (exact) mass is 280 g/mol. The van der Waals surface area contributed by atoms with Crippen molar-refractivity contribution < 1.29 is 4.74 Å². The highest BCUT2D eigenvalue weighted by molar-refractivity contribution is 14.1. The average Bonchev–Trinajstić information content (AvgIpc) is 2.35. The van der Waals surface area contributed by atoms with Crippen LogP contribution in [-0.4, -0.2) is 16.4 Å². The number of halogens is 1. The fourth-order valence-electron chi connectivity index (χ4n) is 0.912. The second kappa shape index (κ2) is 4.81. The maximum Gasteiger partial charge on any atom is 0.0895 e. The lowest BCUT2D eigenvalue weighted by molar-refractivity contribution is 0.116. The summed E-state index contributed by atoms with van der Waals surface area (Å²) < 4.78 is 8.45. The minimum atomic E-state index is 0.669. The van der Waals surface area contributed by atoms with Gasteiger partial charge in [0, 0.05) is 13.7 Å². The third kappa shape index (κ3) is 2.45. The van der Waals surface area contributed by atoms with Crippen LogP contribution < -0.4 is 0 Å². The molecule has 0 amide bonds. The van der Waals surface area contributed by atoms with E-state index < -0.39 is 0 Å². The summed E-state index contributed by atoms with van der Waals surface area (Å²) in [6, 6.07) is 0. The maximum atomic E-state index is 5.42. The molecule has 4 heteroatoms. The van der Waals surface area contributed by atoms with Gasteiger partial charge >= 0.3 is 0 Å². The van der Waals surface area contributed by atoms with Crippen LogP contribution in [0.5, 0.6) is 0 Å². The van der Waals surface area contributed by atoms with Gasteiger partial charge < -0.3 is 4.74 Å². The van der Waals surface area contributed by atoms with Crippen LogP contribution in [0.1, 0.15) is 19.0 Å². The fourth-order valence-corrected chi connectivity index (χ4v) is 1.54. The summed E-state index contributed by atoms with van der Waals surface area (Å²) in [7, 11) is 1.94. The lowest BCUT2D eigenvalue weighted by Gasteiger charge is -2.03. The normalized spacial score (nSPS) is 10.6. The van der Waals surface area contributed by atoms with Gasteiger partial charge in [0.05, 0.1) is 22.1 Å². The Hall–Kier alpha value is -0.100. The summed E-state index contributed by atoms with van der Waals surface area (Å²) in [5.41, 5.74) is 1.16. The first-order valence-electron chi connectivity index (χ1n) is 3.99. The summed E-state index contributed by atoms with van der Waals surface area (Å²) >= 11 is 2.27. The van der Waals surface area contributed by atoms with Crippen molar-refractivity contribution >= 4 is 22.6 Å². The molecule has 1 heterocycles. The van der Waals surface area contributed by atoms with E-state index in [1.165, 1.54) is 3.57 Å². The molecule has 0 unspecified atom stereocenters. The van der Waals surface area contributed by atoms with E-state index in [0.29, 0.717) is 6.61 Å². The molecule has 0 aromatic carbocycles. The van der Waals surface area contributed by atoms with Gasteiger partial charge in [-0.15, -0.1) is 0 Å². The fraction of sp³-hybridized carbons (Fsp3) is 0.625. The van der Waals surface area contributed by atoms with Gasteiger partial charge in [0.2, 0.25) is 0 Å². The summed E-state index contributed by atoms with van der Waals surface area (Å²) in [6.45, 7) is 3.60. The van der Waals surface area contributed by atoms with Crippen molar-refractivity contribution in [3.05, 3.63) is 15.5 Å². The first kappa shape index (κ1) is 9.98. The molecule has 0 saturated heterocycles. The number of rotatable bonds is 4. The topological polar surface area (TPSA) is 27.1 Å². The highest BCUT2D eigenvalue weighted by Gasteiger charge is 2.04. The molecule has 68 valence electrons. The van der Waals surface area contributed by atoms with Crippen LogP contribution in [0.4, 0.5) is 0 Å². The molecule has 3 nitrogen and oxygen atoms in total. The van der Waals surface area contributed by atoms with Gasteiger partial charge in [0.25, 0.3) is 0 Å². The lowest BCUT2D eigenvalue weighted by atomic mass is 10.4. The Morgan fingerprint density at radius 3 is 2.92 bits per heavy atom. The van der Waals surface area contributed by atoms with Crippen LogP contribution >= 0.6 is 22.6 Å². The van der Waals surface area contributed by atoms with Crippen LogP contribution in [0.15, 0.2) is 6.20 Å². The van der Waals surface area contributed by atoms with E-state index in [0.717, 1.165) is 18.7 Å². The van der Waals surface area contributed by atoms with Gasteiger partial charge in [-0.1, -0.05) is 6.92 Å². The number of hydrogen-bond donors (Lipinski definition) is 0. The summed E-state index contributed by atoms with van der Waals surface area (Å²) in [6.07, 6.45) is 2.92. The molecule has 0 bridgehead atoms. The first-order valence-corrected chi connectivity index (χ1v) is 5.07. The SMILES string of the molecule is CCCOCc1c(I)cnn1C. The van der Waals surface area contributed by atoms with Crippen LogP contribution in [0.3, 0.4) is 0 Å². The van der Waals surface area contributed by atoms with E-state index in [9.17, 15) is 0 Å². The zero-order valence-electron chi connectivity index (χ0n) is 7.38. The Kier molecular flexibility index (Phi) is 4.00. The molecule has 0 aliphatic carbocycles. The van der Waals surface area contributed by atoms with E-state index in [1.54, 1.807) is 0 Å². The van der Waals surface area contributed by atoms with E-state index in [2.05, 4.69) is 34.6 Å². The van der Waals surface area contributed by atoms with Crippen LogP contribution in [-0.2, 0) is 18.4 Å². The summed E-state index contributed by atoms with van der Waals surface area (Å²) in [5.74, 6) is 0. The Labute approximate surface area is 86.2 Å². The van der Waals surface area contributed by atoms with Crippen molar-refractivity contribution in [1.29, 1.82) is 0 Å². The van der Waals surface area contributed by atoms with Crippen molar-refractivity contribution in [1.82, 2.24) is 9.78 Å². The van der Waals surface area contributed by atoms with Crippen LogP contribution in [0.25, 0.3) is 0 Å². The molecule has 1 aromatic rings. The second-order valence-electron chi connectivity index (χ2n) is 2.62. The molecular formula is C8H13IN2O. The number of ether oxygens (including phenoxy) is 1.